The second-order valence-corrected chi connectivity index (χ2v) is 5.99. The molecule has 2 aromatic carbocycles. The van der Waals surface area contributed by atoms with Gasteiger partial charge in [-0.2, -0.15) is 0 Å². The van der Waals surface area contributed by atoms with Gasteiger partial charge >= 0.3 is 0 Å². The van der Waals surface area contributed by atoms with Gasteiger partial charge in [-0.15, -0.1) is 6.42 Å². The number of benzene rings is 2. The molecule has 124 valence electrons. The number of fused-ring (bicyclic) bond motifs is 4. The first kappa shape index (κ1) is 14.2. The van der Waals surface area contributed by atoms with Crippen LogP contribution >= 0.6 is 0 Å². The highest BCUT2D eigenvalue weighted by Crippen LogP contribution is 2.44. The fourth-order valence-electron chi connectivity index (χ4n) is 3.25. The van der Waals surface area contributed by atoms with Crippen molar-refractivity contribution in [3.63, 3.8) is 0 Å². The molecular weight excluding hydrogens is 318 g/mol. The summed E-state index contributed by atoms with van der Waals surface area (Å²) in [6.07, 6.45) is 5.48. The van der Waals surface area contributed by atoms with Gasteiger partial charge < -0.3 is 19.1 Å². The molecule has 25 heavy (non-hydrogen) atoms. The van der Waals surface area contributed by atoms with Crippen LogP contribution in [0.25, 0.3) is 0 Å². The first-order valence-corrected chi connectivity index (χ1v) is 8.19. The van der Waals surface area contributed by atoms with E-state index in [4.69, 9.17) is 25.6 Å². The van der Waals surface area contributed by atoms with Crippen molar-refractivity contribution in [2.75, 3.05) is 37.7 Å². The highest BCUT2D eigenvalue weighted by Gasteiger charge is 2.23. The Bertz CT molecular complexity index is 1040. The number of ether oxygens (including phenoxy) is 3. The molecule has 0 unspecified atom stereocenters. The Labute approximate surface area is 144 Å². The standard InChI is InChI=1S/C19H15N3O3/c1-2-4-22-5-7-24-19-10-14-18(11-15(19)22)25-17-8-12-16(9-13(17)21-14)23-6-3-20-12/h1,8-11H,3-7H2. The van der Waals surface area contributed by atoms with Crippen molar-refractivity contribution in [1.82, 2.24) is 0 Å². The maximum Gasteiger partial charge on any atom is 0.155 e. The van der Waals surface area contributed by atoms with Crippen molar-refractivity contribution in [3.05, 3.63) is 35.0 Å². The van der Waals surface area contributed by atoms with E-state index in [2.05, 4.69) is 15.8 Å². The molecule has 0 fully saturated rings. The molecular formula is C19H15N3O3. The van der Waals surface area contributed by atoms with Crippen LogP contribution in [0.1, 0.15) is 0 Å². The number of terminal acetylenes is 1. The zero-order valence-corrected chi connectivity index (χ0v) is 13.5. The lowest BCUT2D eigenvalue weighted by molar-refractivity contribution is 0.307. The number of hydrogen-bond acceptors (Lipinski definition) is 6. The molecule has 3 heterocycles. The highest BCUT2D eigenvalue weighted by molar-refractivity contribution is 5.72. The number of nitrogens with zero attached hydrogens (tertiary/aromatic N) is 3. The maximum absolute atomic E-state index is 6.09. The Balaban J connectivity index is 1.65. The number of hydrogen-bond donors (Lipinski definition) is 0. The molecule has 0 atom stereocenters. The van der Waals surface area contributed by atoms with Crippen molar-refractivity contribution < 1.29 is 14.2 Å². The highest BCUT2D eigenvalue weighted by atomic mass is 16.5. The summed E-state index contributed by atoms with van der Waals surface area (Å²) in [5.74, 6) is 5.58. The van der Waals surface area contributed by atoms with Crippen LogP contribution in [0.15, 0.2) is 34.3 Å². The normalized spacial score (nSPS) is 16.2. The fraction of sp³-hybridized carbons (Fsp3) is 0.263. The topological polar surface area (TPSA) is 55.7 Å². The summed E-state index contributed by atoms with van der Waals surface area (Å²) in [4.78, 5) is 11.3. The van der Waals surface area contributed by atoms with E-state index in [0.29, 0.717) is 37.8 Å². The van der Waals surface area contributed by atoms with Gasteiger partial charge in [0.2, 0.25) is 0 Å². The van der Waals surface area contributed by atoms with Crippen molar-refractivity contribution in [2.45, 2.75) is 0 Å². The molecule has 3 aliphatic rings. The van der Waals surface area contributed by atoms with Gasteiger partial charge in [-0.3, -0.25) is 4.99 Å². The van der Waals surface area contributed by atoms with E-state index in [0.717, 1.165) is 40.1 Å². The number of rotatable bonds is 1. The van der Waals surface area contributed by atoms with E-state index < -0.39 is 0 Å². The molecule has 0 spiro atoms. The van der Waals surface area contributed by atoms with E-state index in [-0.39, 0.29) is 0 Å². The predicted molar refractivity (Wildman–Crippen MR) is 91.8 cm³/mol. The molecule has 0 bridgehead atoms. The second kappa shape index (κ2) is 5.42. The van der Waals surface area contributed by atoms with Crippen LogP contribution in [0.3, 0.4) is 0 Å². The Morgan fingerprint density at radius 3 is 2.80 bits per heavy atom. The molecule has 5 rings (SSSR count). The summed E-state index contributed by atoms with van der Waals surface area (Å²) >= 11 is 0. The average Bonchev–Trinajstić information content (AvgIpc) is 2.64. The smallest absolute Gasteiger partial charge is 0.155 e. The van der Waals surface area contributed by atoms with Crippen LogP contribution in [-0.2, 0) is 0 Å². The average molecular weight is 333 g/mol. The zero-order valence-electron chi connectivity index (χ0n) is 13.5. The molecule has 0 N–H and O–H groups in total. The Hall–Kier alpha value is -3.20. The summed E-state index contributed by atoms with van der Waals surface area (Å²) in [6.45, 7) is 3.15. The van der Waals surface area contributed by atoms with Gasteiger partial charge in [-0.25, -0.2) is 4.99 Å². The molecule has 0 amide bonds. The molecule has 0 saturated heterocycles. The third kappa shape index (κ3) is 2.28. The van der Waals surface area contributed by atoms with Crippen LogP contribution < -0.4 is 29.8 Å². The van der Waals surface area contributed by atoms with Crippen LogP contribution in [0.4, 0.5) is 11.4 Å². The van der Waals surface area contributed by atoms with Crippen LogP contribution in [-0.4, -0.2) is 32.8 Å². The molecule has 3 aliphatic heterocycles. The third-order valence-corrected chi connectivity index (χ3v) is 4.41. The zero-order chi connectivity index (χ0) is 16.8. The second-order valence-electron chi connectivity index (χ2n) is 5.99. The van der Waals surface area contributed by atoms with E-state index in [1.165, 1.54) is 0 Å². The molecule has 6 heteroatoms. The first-order valence-electron chi connectivity index (χ1n) is 8.19. The monoisotopic (exact) mass is 333 g/mol. The minimum absolute atomic E-state index is 0.534. The van der Waals surface area contributed by atoms with Crippen molar-refractivity contribution >= 4 is 11.4 Å². The van der Waals surface area contributed by atoms with Crippen LogP contribution in [0.5, 0.6) is 23.0 Å². The third-order valence-electron chi connectivity index (χ3n) is 4.41. The molecule has 0 radical (unpaired) electrons. The predicted octanol–water partition coefficient (Wildman–Crippen LogP) is 1.59. The first-order chi connectivity index (χ1) is 12.3. The maximum atomic E-state index is 6.09. The molecule has 0 saturated carbocycles. The molecule has 0 aromatic heterocycles. The SMILES string of the molecule is C#CCN1CCOc2cc3c(cc21)Oc1cc2c(cc1=N3)OCCN=2. The van der Waals surface area contributed by atoms with Crippen molar-refractivity contribution in [2.24, 2.45) is 9.98 Å². The lowest BCUT2D eigenvalue weighted by atomic mass is 10.1. The van der Waals surface area contributed by atoms with Gasteiger partial charge in [0.25, 0.3) is 0 Å². The molecule has 2 aromatic rings. The van der Waals surface area contributed by atoms with Crippen LogP contribution in [0, 0.1) is 12.3 Å². The fourth-order valence-corrected chi connectivity index (χ4v) is 3.25. The summed E-state index contributed by atoms with van der Waals surface area (Å²) in [5, 5.41) is 1.54. The van der Waals surface area contributed by atoms with Crippen molar-refractivity contribution in [1.29, 1.82) is 0 Å². The Kier molecular flexibility index (Phi) is 3.07. The van der Waals surface area contributed by atoms with Gasteiger partial charge in [-0.1, -0.05) is 5.92 Å². The molecule has 6 nitrogen and oxygen atoms in total. The summed E-state index contributed by atoms with van der Waals surface area (Å²) < 4.78 is 17.5. The van der Waals surface area contributed by atoms with Gasteiger partial charge in [0.1, 0.15) is 41.1 Å². The molecule has 0 aliphatic carbocycles. The van der Waals surface area contributed by atoms with E-state index in [1.54, 1.807) is 0 Å². The van der Waals surface area contributed by atoms with E-state index >= 15 is 0 Å². The lowest BCUT2D eigenvalue weighted by Gasteiger charge is -2.30. The number of anilines is 1. The minimum Gasteiger partial charge on any atom is -0.489 e. The van der Waals surface area contributed by atoms with E-state index in [9.17, 15) is 0 Å². The van der Waals surface area contributed by atoms with Gasteiger partial charge in [-0.05, 0) is 0 Å². The summed E-state index contributed by atoms with van der Waals surface area (Å²) in [6, 6.07) is 7.61. The summed E-state index contributed by atoms with van der Waals surface area (Å²) in [5.41, 5.74) is 1.68. The Morgan fingerprint density at radius 1 is 1.00 bits per heavy atom. The largest absolute Gasteiger partial charge is 0.489 e. The summed E-state index contributed by atoms with van der Waals surface area (Å²) in [7, 11) is 0. The van der Waals surface area contributed by atoms with Crippen molar-refractivity contribution in [3.8, 4) is 35.3 Å². The van der Waals surface area contributed by atoms with Gasteiger partial charge in [0.15, 0.2) is 11.5 Å². The Morgan fingerprint density at radius 2 is 1.88 bits per heavy atom. The minimum atomic E-state index is 0.534. The van der Waals surface area contributed by atoms with E-state index in [1.807, 2.05) is 24.3 Å². The van der Waals surface area contributed by atoms with Gasteiger partial charge in [0, 0.05) is 24.3 Å². The quantitative estimate of drug-likeness (QED) is 0.635. The lowest BCUT2D eigenvalue weighted by Crippen LogP contribution is -2.33. The van der Waals surface area contributed by atoms with Crippen LogP contribution in [0.2, 0.25) is 0 Å². The van der Waals surface area contributed by atoms with Gasteiger partial charge in [0.05, 0.1) is 25.3 Å².